The molecular weight excluding hydrogens is 390 g/mol. The van der Waals surface area contributed by atoms with Crippen molar-refractivity contribution in [3.8, 4) is 0 Å². The molecule has 2 aromatic heterocycles. The smallest absolute Gasteiger partial charge is 0.410 e. The minimum absolute atomic E-state index is 0.102. The Labute approximate surface area is 166 Å². The summed E-state index contributed by atoms with van der Waals surface area (Å²) in [6, 6.07) is 2.51. The highest BCUT2D eigenvalue weighted by Crippen LogP contribution is 2.42. The number of carbonyl (C=O) groups excluding carboxylic acids is 1. The number of hydrogen-bond acceptors (Lipinski definition) is 4. The summed E-state index contributed by atoms with van der Waals surface area (Å²) in [6.45, 7) is 5.13. The third-order valence-corrected chi connectivity index (χ3v) is 5.24. The predicted octanol–water partition coefficient (Wildman–Crippen LogP) is 4.97. The van der Waals surface area contributed by atoms with Crippen molar-refractivity contribution in [2.75, 3.05) is 6.54 Å². The summed E-state index contributed by atoms with van der Waals surface area (Å²) in [6.07, 6.45) is 0.607. The van der Waals surface area contributed by atoms with Crippen molar-refractivity contribution in [2.24, 2.45) is 0 Å². The van der Waals surface area contributed by atoms with Gasteiger partial charge in [0.15, 0.2) is 5.65 Å². The molecule has 0 N–H and O–H groups in total. The van der Waals surface area contributed by atoms with Crippen molar-refractivity contribution >= 4 is 23.3 Å². The summed E-state index contributed by atoms with van der Waals surface area (Å²) < 4.78 is 35.2. The Bertz CT molecular complexity index is 921. The number of ether oxygens (including phenoxy) is 1. The van der Waals surface area contributed by atoms with E-state index in [1.165, 1.54) is 9.42 Å². The third-order valence-electron chi connectivity index (χ3n) is 4.97. The Balaban J connectivity index is 1.70. The molecule has 1 saturated heterocycles. The number of piperidine rings is 1. The molecule has 1 atom stereocenters. The van der Waals surface area contributed by atoms with Gasteiger partial charge in [0.25, 0.3) is 5.92 Å². The number of nitrogens with zero attached hydrogens (tertiary/aromatic N) is 4. The van der Waals surface area contributed by atoms with Gasteiger partial charge >= 0.3 is 6.09 Å². The minimum atomic E-state index is -2.88. The van der Waals surface area contributed by atoms with Crippen molar-refractivity contribution < 1.29 is 18.3 Å². The Kier molecular flexibility index (Phi) is 4.52. The second-order valence-corrected chi connectivity index (χ2v) is 9.00. The van der Waals surface area contributed by atoms with E-state index in [2.05, 4.69) is 10.1 Å². The van der Waals surface area contributed by atoms with Gasteiger partial charge in [-0.2, -0.15) is 5.10 Å². The molecular formula is C19H23ClF2N4O2. The van der Waals surface area contributed by atoms with E-state index < -0.39 is 36.5 Å². The van der Waals surface area contributed by atoms with Gasteiger partial charge in [0.05, 0.1) is 11.7 Å². The minimum Gasteiger partial charge on any atom is -0.444 e. The Morgan fingerprint density at radius 1 is 1.29 bits per heavy atom. The van der Waals surface area contributed by atoms with E-state index in [4.69, 9.17) is 16.3 Å². The molecule has 1 aliphatic carbocycles. The molecule has 1 aliphatic heterocycles. The van der Waals surface area contributed by atoms with E-state index in [0.29, 0.717) is 22.4 Å². The zero-order valence-electron chi connectivity index (χ0n) is 16.1. The van der Waals surface area contributed by atoms with Gasteiger partial charge in [-0.15, -0.1) is 0 Å². The molecule has 0 aromatic carbocycles. The number of alkyl halides is 2. The summed E-state index contributed by atoms with van der Waals surface area (Å²) in [7, 11) is 0. The Hall–Kier alpha value is -1.96. The van der Waals surface area contributed by atoms with Crippen molar-refractivity contribution in [1.29, 1.82) is 0 Å². The molecule has 3 heterocycles. The molecule has 1 saturated carbocycles. The number of fused-ring (bicyclic) bond motifs is 1. The molecule has 2 fully saturated rings. The molecule has 0 radical (unpaired) electrons. The van der Waals surface area contributed by atoms with Gasteiger partial charge in [-0.3, -0.25) is 4.90 Å². The second kappa shape index (κ2) is 6.54. The summed E-state index contributed by atoms with van der Waals surface area (Å²) in [4.78, 5) is 18.5. The fourth-order valence-corrected chi connectivity index (χ4v) is 3.70. The van der Waals surface area contributed by atoms with Crippen LogP contribution in [0.5, 0.6) is 0 Å². The van der Waals surface area contributed by atoms with Gasteiger partial charge in [-0.05, 0) is 39.7 Å². The average Bonchev–Trinajstić information content (AvgIpc) is 3.31. The van der Waals surface area contributed by atoms with Crippen LogP contribution < -0.4 is 0 Å². The number of amides is 1. The topological polar surface area (TPSA) is 59.7 Å². The molecule has 4 rings (SSSR count). The lowest BCUT2D eigenvalue weighted by Gasteiger charge is -2.38. The number of rotatable bonds is 2. The Morgan fingerprint density at radius 3 is 2.64 bits per heavy atom. The molecule has 6 nitrogen and oxygen atoms in total. The van der Waals surface area contributed by atoms with Crippen LogP contribution >= 0.6 is 11.6 Å². The standard InChI is InChI=1S/C19H23ClF2N4O2/c1-18(2,3)28-17(27)25-7-6-19(21,22)10-14(25)13-9-16-23-12(11-4-5-11)8-15(20)26(16)24-13/h8-9,11,14H,4-7,10H2,1-3H3. The first-order valence-corrected chi connectivity index (χ1v) is 9.84. The fourth-order valence-electron chi connectivity index (χ4n) is 3.46. The molecule has 9 heteroatoms. The van der Waals surface area contributed by atoms with Crippen LogP contribution in [0.3, 0.4) is 0 Å². The first-order valence-electron chi connectivity index (χ1n) is 9.46. The maximum Gasteiger partial charge on any atom is 0.410 e. The summed E-state index contributed by atoms with van der Waals surface area (Å²) in [5.41, 5.74) is 1.02. The lowest BCUT2D eigenvalue weighted by Crippen LogP contribution is -2.47. The second-order valence-electron chi connectivity index (χ2n) is 8.62. The van der Waals surface area contributed by atoms with Gasteiger partial charge in [-0.25, -0.2) is 23.1 Å². The quantitative estimate of drug-likeness (QED) is 0.653. The van der Waals surface area contributed by atoms with E-state index in [1.807, 2.05) is 0 Å². The molecule has 2 aliphatic rings. The predicted molar refractivity (Wildman–Crippen MR) is 99.8 cm³/mol. The van der Waals surface area contributed by atoms with Crippen molar-refractivity contribution in [3.05, 3.63) is 28.7 Å². The highest BCUT2D eigenvalue weighted by atomic mass is 35.5. The average molecular weight is 413 g/mol. The van der Waals surface area contributed by atoms with Gasteiger partial charge in [0, 0.05) is 37.1 Å². The van der Waals surface area contributed by atoms with Crippen LogP contribution in [0.15, 0.2) is 12.1 Å². The van der Waals surface area contributed by atoms with Crippen LogP contribution in [0.25, 0.3) is 5.65 Å². The lowest BCUT2D eigenvalue weighted by molar-refractivity contribution is -0.0816. The highest BCUT2D eigenvalue weighted by Gasteiger charge is 2.45. The van der Waals surface area contributed by atoms with Crippen molar-refractivity contribution in [1.82, 2.24) is 19.5 Å². The molecule has 1 amide bonds. The summed E-state index contributed by atoms with van der Waals surface area (Å²) >= 11 is 6.34. The first kappa shape index (κ1) is 19.4. The van der Waals surface area contributed by atoms with Gasteiger partial charge in [0.2, 0.25) is 0 Å². The number of hydrogen-bond donors (Lipinski definition) is 0. The van der Waals surface area contributed by atoms with Crippen LogP contribution in [-0.2, 0) is 4.74 Å². The molecule has 0 spiro atoms. The van der Waals surface area contributed by atoms with Crippen LogP contribution in [0.2, 0.25) is 5.15 Å². The number of carbonyl (C=O) groups is 1. The fraction of sp³-hybridized carbons (Fsp3) is 0.632. The Morgan fingerprint density at radius 2 is 2.00 bits per heavy atom. The van der Waals surface area contributed by atoms with Gasteiger partial charge in [-0.1, -0.05) is 11.6 Å². The first-order chi connectivity index (χ1) is 13.0. The van der Waals surface area contributed by atoms with E-state index in [9.17, 15) is 13.6 Å². The highest BCUT2D eigenvalue weighted by molar-refractivity contribution is 6.29. The van der Waals surface area contributed by atoms with Crippen LogP contribution in [0.4, 0.5) is 13.6 Å². The van der Waals surface area contributed by atoms with Gasteiger partial charge in [0.1, 0.15) is 10.8 Å². The summed E-state index contributed by atoms with van der Waals surface area (Å²) in [5.74, 6) is -2.48. The molecule has 1 unspecified atom stereocenters. The number of likely N-dealkylation sites (tertiary alicyclic amines) is 1. The number of halogens is 3. The van der Waals surface area contributed by atoms with Crippen molar-refractivity contribution in [3.63, 3.8) is 0 Å². The molecule has 28 heavy (non-hydrogen) atoms. The third kappa shape index (κ3) is 3.92. The lowest BCUT2D eigenvalue weighted by atomic mass is 9.96. The maximum atomic E-state index is 14.2. The SMILES string of the molecule is CC(C)(C)OC(=O)N1CCC(F)(F)CC1c1cc2nc(C3CC3)cc(Cl)n2n1. The zero-order chi connectivity index (χ0) is 20.3. The van der Waals surface area contributed by atoms with E-state index >= 15 is 0 Å². The van der Waals surface area contributed by atoms with Crippen LogP contribution in [0, 0.1) is 0 Å². The zero-order valence-corrected chi connectivity index (χ0v) is 16.8. The normalized spacial score (nSPS) is 22.5. The monoisotopic (exact) mass is 412 g/mol. The van der Waals surface area contributed by atoms with E-state index in [-0.39, 0.29) is 6.54 Å². The summed E-state index contributed by atoms with van der Waals surface area (Å²) in [5, 5.41) is 4.77. The molecule has 152 valence electrons. The van der Waals surface area contributed by atoms with Crippen LogP contribution in [-0.4, -0.2) is 43.7 Å². The molecule has 2 aromatic rings. The van der Waals surface area contributed by atoms with Crippen LogP contribution in [0.1, 0.15) is 69.8 Å². The largest absolute Gasteiger partial charge is 0.444 e. The van der Waals surface area contributed by atoms with Crippen molar-refractivity contribution in [2.45, 2.75) is 69.9 Å². The maximum absolute atomic E-state index is 14.2. The number of aromatic nitrogens is 3. The molecule has 0 bridgehead atoms. The van der Waals surface area contributed by atoms with Gasteiger partial charge < -0.3 is 4.74 Å². The van der Waals surface area contributed by atoms with E-state index in [1.54, 1.807) is 32.9 Å². The van der Waals surface area contributed by atoms with E-state index in [0.717, 1.165) is 18.5 Å².